The highest BCUT2D eigenvalue weighted by Gasteiger charge is 2.34. The summed E-state index contributed by atoms with van der Waals surface area (Å²) in [6.45, 7) is 0. The molecule has 2 aromatic heterocycles. The van der Waals surface area contributed by atoms with E-state index in [-0.39, 0.29) is 5.56 Å². The van der Waals surface area contributed by atoms with Crippen molar-refractivity contribution in [3.8, 4) is 11.3 Å². The fourth-order valence-electron chi connectivity index (χ4n) is 3.38. The van der Waals surface area contributed by atoms with Gasteiger partial charge < -0.3 is 5.32 Å². The minimum atomic E-state index is -0.485. The molecule has 29 heavy (non-hydrogen) atoms. The van der Waals surface area contributed by atoms with Gasteiger partial charge in [0.25, 0.3) is 5.56 Å². The fraction of sp³-hybridized carbons (Fsp3) is 0.0556. The van der Waals surface area contributed by atoms with E-state index in [4.69, 9.17) is 23.2 Å². The van der Waals surface area contributed by atoms with Gasteiger partial charge in [-0.2, -0.15) is 9.78 Å². The molecule has 3 heterocycles. The number of anilines is 2. The summed E-state index contributed by atoms with van der Waals surface area (Å²) in [5.41, 5.74) is 2.55. The molecule has 0 amide bonds. The number of aromatic nitrogens is 6. The van der Waals surface area contributed by atoms with Crippen LogP contribution in [0.15, 0.2) is 51.7 Å². The van der Waals surface area contributed by atoms with Crippen molar-refractivity contribution in [2.75, 3.05) is 5.32 Å². The normalized spacial score (nSPS) is 14.8. The van der Waals surface area contributed by atoms with Gasteiger partial charge in [-0.1, -0.05) is 56.4 Å². The van der Waals surface area contributed by atoms with Crippen LogP contribution in [0.1, 0.15) is 17.2 Å². The Morgan fingerprint density at radius 1 is 1.10 bits per heavy atom. The smallest absolute Gasteiger partial charge is 0.288 e. The highest BCUT2D eigenvalue weighted by molar-refractivity contribution is 9.10. The Labute approximate surface area is 182 Å². The van der Waals surface area contributed by atoms with E-state index >= 15 is 0 Å². The molecule has 0 unspecified atom stereocenters. The molecule has 8 nitrogen and oxygen atoms in total. The Bertz CT molecular complexity index is 1300. The van der Waals surface area contributed by atoms with Crippen LogP contribution in [0.4, 0.5) is 11.6 Å². The summed E-state index contributed by atoms with van der Waals surface area (Å²) in [5.74, 6) is 0.357. The first-order valence-electron chi connectivity index (χ1n) is 8.41. The van der Waals surface area contributed by atoms with Crippen LogP contribution in [0, 0.1) is 0 Å². The van der Waals surface area contributed by atoms with Gasteiger partial charge in [-0.05, 0) is 46.3 Å². The highest BCUT2D eigenvalue weighted by Crippen LogP contribution is 2.42. The predicted molar refractivity (Wildman–Crippen MR) is 113 cm³/mol. The van der Waals surface area contributed by atoms with Crippen LogP contribution >= 0.6 is 39.1 Å². The summed E-state index contributed by atoms with van der Waals surface area (Å²) in [7, 11) is 0. The Kier molecular flexibility index (Phi) is 4.38. The van der Waals surface area contributed by atoms with Crippen molar-refractivity contribution in [2.45, 2.75) is 6.04 Å². The first kappa shape index (κ1) is 18.3. The number of aromatic amines is 1. The maximum absolute atomic E-state index is 12.6. The molecule has 0 aliphatic carbocycles. The zero-order chi connectivity index (χ0) is 20.1. The Balaban J connectivity index is 1.83. The van der Waals surface area contributed by atoms with Crippen LogP contribution in [0.2, 0.25) is 10.0 Å². The van der Waals surface area contributed by atoms with Crippen LogP contribution in [0.5, 0.6) is 0 Å². The topological polar surface area (TPSA) is 101 Å². The number of hydrogen-bond donors (Lipinski definition) is 2. The number of H-pyrrole nitrogens is 1. The number of nitrogens with zero attached hydrogens (tertiary/aromatic N) is 5. The van der Waals surface area contributed by atoms with Crippen molar-refractivity contribution >= 4 is 50.8 Å². The van der Waals surface area contributed by atoms with Crippen LogP contribution in [-0.2, 0) is 0 Å². The first-order valence-corrected chi connectivity index (χ1v) is 9.96. The van der Waals surface area contributed by atoms with Crippen molar-refractivity contribution in [1.82, 2.24) is 30.4 Å². The number of nitrogens with one attached hydrogen (secondary N) is 2. The monoisotopic (exact) mass is 489 g/mol. The van der Waals surface area contributed by atoms with Crippen molar-refractivity contribution in [3.63, 3.8) is 0 Å². The van der Waals surface area contributed by atoms with Crippen LogP contribution < -0.4 is 10.9 Å². The van der Waals surface area contributed by atoms with Crippen molar-refractivity contribution in [2.24, 2.45) is 0 Å². The van der Waals surface area contributed by atoms with E-state index in [1.165, 1.54) is 0 Å². The standard InChI is InChI=1S/C18H10BrCl2N7O/c19-9-3-1-8(2-4-9)16-13-14(11-6-5-10(20)7-12(11)21)23-24-17(29)15(13)22-18-25-26-27-28(16)18/h1-7,16H,(H,24,29)(H,22,25,27)/t16-/m1/s1. The first-order chi connectivity index (χ1) is 14.0. The lowest BCUT2D eigenvalue weighted by atomic mass is 9.92. The highest BCUT2D eigenvalue weighted by atomic mass is 79.9. The maximum atomic E-state index is 12.6. The van der Waals surface area contributed by atoms with E-state index in [2.05, 4.69) is 47.0 Å². The van der Waals surface area contributed by atoms with Gasteiger partial charge in [-0.25, -0.2) is 5.10 Å². The third-order valence-electron chi connectivity index (χ3n) is 4.64. The predicted octanol–water partition coefficient (Wildman–Crippen LogP) is 4.19. The van der Waals surface area contributed by atoms with Gasteiger partial charge in [0.15, 0.2) is 0 Å². The number of tetrazole rings is 1. The van der Waals surface area contributed by atoms with Crippen molar-refractivity contribution in [3.05, 3.63) is 78.5 Å². The molecule has 144 valence electrons. The lowest BCUT2D eigenvalue weighted by Crippen LogP contribution is -2.29. The van der Waals surface area contributed by atoms with Gasteiger partial charge in [-0.15, -0.1) is 0 Å². The zero-order valence-corrected chi connectivity index (χ0v) is 17.5. The largest absolute Gasteiger partial charge is 0.318 e. The third-order valence-corrected chi connectivity index (χ3v) is 5.72. The maximum Gasteiger partial charge on any atom is 0.288 e. The minimum absolute atomic E-state index is 0.316. The summed E-state index contributed by atoms with van der Waals surface area (Å²) in [4.78, 5) is 12.6. The minimum Gasteiger partial charge on any atom is -0.318 e. The van der Waals surface area contributed by atoms with E-state index in [1.54, 1.807) is 22.9 Å². The number of hydrogen-bond acceptors (Lipinski definition) is 6. The zero-order valence-electron chi connectivity index (χ0n) is 14.4. The lowest BCUT2D eigenvalue weighted by molar-refractivity contribution is 0.567. The fourth-order valence-corrected chi connectivity index (χ4v) is 4.14. The lowest BCUT2D eigenvalue weighted by Gasteiger charge is -2.28. The average Bonchev–Trinajstić information content (AvgIpc) is 3.17. The number of fused-ring (bicyclic) bond motifs is 2. The van der Waals surface area contributed by atoms with Crippen molar-refractivity contribution < 1.29 is 0 Å². The average molecular weight is 491 g/mol. The third kappa shape index (κ3) is 3.02. The summed E-state index contributed by atoms with van der Waals surface area (Å²) < 4.78 is 2.54. The second-order valence-corrected chi connectivity index (χ2v) is 8.10. The van der Waals surface area contributed by atoms with Gasteiger partial charge in [0.2, 0.25) is 5.95 Å². The molecule has 11 heteroatoms. The molecule has 1 aliphatic rings. The number of halogens is 3. The van der Waals surface area contributed by atoms with Gasteiger partial charge in [0.05, 0.1) is 5.02 Å². The molecule has 0 radical (unpaired) electrons. The quantitative estimate of drug-likeness (QED) is 0.384. The summed E-state index contributed by atoms with van der Waals surface area (Å²) in [5, 5.41) is 22.6. The molecule has 0 bridgehead atoms. The molecule has 4 aromatic rings. The van der Waals surface area contributed by atoms with Gasteiger partial charge in [0.1, 0.15) is 17.4 Å². The van der Waals surface area contributed by atoms with E-state index < -0.39 is 6.04 Å². The number of benzene rings is 2. The molecule has 0 saturated heterocycles. The molecule has 5 rings (SSSR count). The summed E-state index contributed by atoms with van der Waals surface area (Å²) in [6.07, 6.45) is 0. The second-order valence-electron chi connectivity index (χ2n) is 6.34. The molecular formula is C18H10BrCl2N7O. The van der Waals surface area contributed by atoms with Gasteiger partial charge in [-0.3, -0.25) is 4.79 Å². The SMILES string of the molecule is O=c1[nH]nc(-c2ccc(Cl)cc2Cl)c2c1Nc1nnnn1[C@@H]2c1ccc(Br)cc1. The molecule has 2 N–H and O–H groups in total. The molecule has 2 aromatic carbocycles. The van der Waals surface area contributed by atoms with Gasteiger partial charge >= 0.3 is 0 Å². The van der Waals surface area contributed by atoms with E-state index in [9.17, 15) is 4.79 Å². The molecular weight excluding hydrogens is 481 g/mol. The van der Waals surface area contributed by atoms with Crippen LogP contribution in [-0.4, -0.2) is 30.4 Å². The summed E-state index contributed by atoms with van der Waals surface area (Å²) >= 11 is 16.0. The van der Waals surface area contributed by atoms with Crippen LogP contribution in [0.3, 0.4) is 0 Å². The Hall–Kier alpha value is -2.75. The van der Waals surface area contributed by atoms with E-state index in [0.29, 0.717) is 38.5 Å². The van der Waals surface area contributed by atoms with Gasteiger partial charge in [0, 0.05) is 20.6 Å². The van der Waals surface area contributed by atoms with Crippen LogP contribution in [0.25, 0.3) is 11.3 Å². The molecule has 0 spiro atoms. The van der Waals surface area contributed by atoms with E-state index in [0.717, 1.165) is 10.0 Å². The van der Waals surface area contributed by atoms with E-state index in [1.807, 2.05) is 24.3 Å². The molecule has 1 atom stereocenters. The molecule has 1 aliphatic heterocycles. The van der Waals surface area contributed by atoms with Crippen molar-refractivity contribution in [1.29, 1.82) is 0 Å². The molecule has 0 fully saturated rings. The Morgan fingerprint density at radius 3 is 2.66 bits per heavy atom. The summed E-state index contributed by atoms with van der Waals surface area (Å²) in [6, 6.07) is 12.3. The number of rotatable bonds is 2. The second kappa shape index (κ2) is 6.94. The molecule has 0 saturated carbocycles. The Morgan fingerprint density at radius 2 is 1.90 bits per heavy atom.